The molecule has 1 saturated heterocycles. The van der Waals surface area contributed by atoms with E-state index in [0.717, 1.165) is 6.42 Å². The third-order valence-corrected chi connectivity index (χ3v) is 6.27. The van der Waals surface area contributed by atoms with Gasteiger partial charge in [-0.1, -0.05) is 25.1 Å². The Kier molecular flexibility index (Phi) is 6.43. The molecule has 34 heavy (non-hydrogen) atoms. The summed E-state index contributed by atoms with van der Waals surface area (Å²) < 4.78 is 10.7. The van der Waals surface area contributed by atoms with Gasteiger partial charge in [-0.25, -0.2) is 0 Å². The van der Waals surface area contributed by atoms with Crippen LogP contribution in [0.3, 0.4) is 0 Å². The highest BCUT2D eigenvalue weighted by Crippen LogP contribution is 2.53. The summed E-state index contributed by atoms with van der Waals surface area (Å²) in [6.07, 6.45) is 1.28. The molecule has 0 bridgehead atoms. The maximum Gasteiger partial charge on any atom is 0.296 e. The lowest BCUT2D eigenvalue weighted by atomic mass is 9.82. The number of fused-ring (bicyclic) bond motifs is 2. The fourth-order valence-corrected chi connectivity index (χ4v) is 4.71. The van der Waals surface area contributed by atoms with Gasteiger partial charge >= 0.3 is 0 Å². The number of rotatable bonds is 8. The minimum absolute atomic E-state index is 0.118. The zero-order valence-corrected chi connectivity index (χ0v) is 19.5. The van der Waals surface area contributed by atoms with Gasteiger partial charge in [-0.3, -0.25) is 14.4 Å². The summed E-state index contributed by atoms with van der Waals surface area (Å²) >= 11 is 0. The summed E-state index contributed by atoms with van der Waals surface area (Å²) in [7, 11) is 3.15. The Morgan fingerprint density at radius 2 is 1.74 bits per heavy atom. The molecule has 2 amide bonds. The number of aliphatic hydroxyl groups excluding tert-OH is 1. The van der Waals surface area contributed by atoms with E-state index in [1.807, 2.05) is 6.92 Å². The van der Waals surface area contributed by atoms with Crippen LogP contribution in [0.5, 0.6) is 5.75 Å². The number of nitrogens with zero attached hydrogens (tertiary/aromatic N) is 2. The van der Waals surface area contributed by atoms with E-state index in [-0.39, 0.29) is 12.1 Å². The molecule has 2 heterocycles. The van der Waals surface area contributed by atoms with Crippen LogP contribution in [0.1, 0.15) is 30.9 Å². The second kappa shape index (κ2) is 9.30. The van der Waals surface area contributed by atoms with Gasteiger partial charge in [-0.2, -0.15) is 0 Å². The van der Waals surface area contributed by atoms with Gasteiger partial charge in [0, 0.05) is 44.1 Å². The van der Waals surface area contributed by atoms with E-state index in [0.29, 0.717) is 42.2 Å². The molecular formula is C26H28N2O6. The van der Waals surface area contributed by atoms with Crippen molar-refractivity contribution in [2.45, 2.75) is 25.3 Å². The molecular weight excluding hydrogens is 436 g/mol. The van der Waals surface area contributed by atoms with Crippen LogP contribution in [0.15, 0.2) is 54.1 Å². The first-order valence-electron chi connectivity index (χ1n) is 11.3. The van der Waals surface area contributed by atoms with Gasteiger partial charge in [-0.15, -0.1) is 0 Å². The molecule has 2 aromatic rings. The number of para-hydroxylation sites is 1. The number of amides is 2. The Balaban J connectivity index is 1.91. The third kappa shape index (κ3) is 3.45. The van der Waals surface area contributed by atoms with E-state index < -0.39 is 28.9 Å². The summed E-state index contributed by atoms with van der Waals surface area (Å²) in [5, 5.41) is 11.4. The standard InChI is InChI=1S/C26H28N2O6/c1-4-15-34-18-12-10-17(11-13-18)22(29)21-23(30)24(31)28(14-7-16-33-3)26(21)19-8-5-6-9-20(19)27(2)25(26)32/h5-6,8-13,29H,4,7,14-16H2,1-3H3/b22-21+. The Morgan fingerprint density at radius 1 is 1.03 bits per heavy atom. The number of aliphatic hydroxyl groups is 1. The molecule has 1 fully saturated rings. The molecule has 2 aliphatic heterocycles. The highest BCUT2D eigenvalue weighted by atomic mass is 16.5. The molecule has 8 nitrogen and oxygen atoms in total. The number of benzene rings is 2. The molecule has 2 aliphatic rings. The van der Waals surface area contributed by atoms with E-state index in [1.54, 1.807) is 62.7 Å². The highest BCUT2D eigenvalue weighted by Gasteiger charge is 2.66. The van der Waals surface area contributed by atoms with Crippen LogP contribution < -0.4 is 9.64 Å². The SMILES string of the molecule is CCCOc1ccc(/C(O)=C2/C(=O)C(=O)N(CCCOC)C23C(=O)N(C)c2ccccc23)cc1. The van der Waals surface area contributed by atoms with Crippen molar-refractivity contribution in [3.8, 4) is 5.75 Å². The van der Waals surface area contributed by atoms with Gasteiger partial charge in [0.2, 0.25) is 0 Å². The predicted octanol–water partition coefficient (Wildman–Crippen LogP) is 3.06. The molecule has 0 aromatic heterocycles. The van der Waals surface area contributed by atoms with Crippen molar-refractivity contribution < 1.29 is 29.0 Å². The minimum Gasteiger partial charge on any atom is -0.507 e. The van der Waals surface area contributed by atoms with Crippen LogP contribution >= 0.6 is 0 Å². The normalized spacial score (nSPS) is 21.0. The van der Waals surface area contributed by atoms with Crippen LogP contribution in [-0.4, -0.2) is 61.5 Å². The molecule has 0 radical (unpaired) electrons. The molecule has 178 valence electrons. The Labute approximate surface area is 198 Å². The van der Waals surface area contributed by atoms with Gasteiger partial charge in [0.25, 0.3) is 17.6 Å². The molecule has 1 N–H and O–H groups in total. The number of ether oxygens (including phenoxy) is 2. The number of methoxy groups -OCH3 is 1. The Bertz CT molecular complexity index is 1160. The average Bonchev–Trinajstić information content (AvgIpc) is 3.21. The minimum atomic E-state index is -1.74. The number of carbonyl (C=O) groups excluding carboxylic acids is 3. The maximum atomic E-state index is 13.8. The van der Waals surface area contributed by atoms with Gasteiger partial charge < -0.3 is 24.4 Å². The fourth-order valence-electron chi connectivity index (χ4n) is 4.71. The molecule has 2 aromatic carbocycles. The van der Waals surface area contributed by atoms with Crippen molar-refractivity contribution >= 4 is 29.0 Å². The van der Waals surface area contributed by atoms with Crippen molar-refractivity contribution in [3.05, 3.63) is 65.2 Å². The molecule has 1 atom stereocenters. The smallest absolute Gasteiger partial charge is 0.296 e. The van der Waals surface area contributed by atoms with Crippen molar-refractivity contribution in [1.82, 2.24) is 4.90 Å². The van der Waals surface area contributed by atoms with E-state index >= 15 is 0 Å². The van der Waals surface area contributed by atoms with Gasteiger partial charge in [0.1, 0.15) is 11.5 Å². The zero-order chi connectivity index (χ0) is 24.5. The van der Waals surface area contributed by atoms with Crippen molar-refractivity contribution in [3.63, 3.8) is 0 Å². The second-order valence-corrected chi connectivity index (χ2v) is 8.32. The number of Topliss-reactive ketones (excluding diaryl/α,β-unsaturated/α-hetero) is 1. The first kappa shape index (κ1) is 23.5. The van der Waals surface area contributed by atoms with E-state index in [4.69, 9.17) is 9.47 Å². The van der Waals surface area contributed by atoms with Crippen molar-refractivity contribution in [2.75, 3.05) is 38.8 Å². The number of carbonyl (C=O) groups is 3. The summed E-state index contributed by atoms with van der Waals surface area (Å²) in [5.74, 6) is -1.95. The quantitative estimate of drug-likeness (QED) is 0.279. The number of likely N-dealkylation sites (tertiary alicyclic amines) is 1. The van der Waals surface area contributed by atoms with Crippen molar-refractivity contribution in [1.29, 1.82) is 0 Å². The second-order valence-electron chi connectivity index (χ2n) is 8.32. The number of hydrogen-bond acceptors (Lipinski definition) is 6. The van der Waals surface area contributed by atoms with Gasteiger partial charge in [0.05, 0.1) is 12.2 Å². The first-order valence-corrected chi connectivity index (χ1v) is 11.3. The monoisotopic (exact) mass is 464 g/mol. The Morgan fingerprint density at radius 3 is 2.41 bits per heavy atom. The van der Waals surface area contributed by atoms with Crippen molar-refractivity contribution in [2.24, 2.45) is 0 Å². The predicted molar refractivity (Wildman–Crippen MR) is 127 cm³/mol. The lowest BCUT2D eigenvalue weighted by Gasteiger charge is -2.34. The lowest BCUT2D eigenvalue weighted by Crippen LogP contribution is -2.51. The molecule has 4 rings (SSSR count). The maximum absolute atomic E-state index is 13.8. The van der Waals surface area contributed by atoms with Crippen LogP contribution in [0.25, 0.3) is 5.76 Å². The Hall–Kier alpha value is -3.65. The zero-order valence-electron chi connectivity index (χ0n) is 19.5. The highest BCUT2D eigenvalue weighted by molar-refractivity contribution is 6.50. The summed E-state index contributed by atoms with van der Waals surface area (Å²) in [5.41, 5.74) is -0.574. The number of anilines is 1. The van der Waals surface area contributed by atoms with Crippen LogP contribution in [0, 0.1) is 0 Å². The van der Waals surface area contributed by atoms with Crippen LogP contribution in [0.4, 0.5) is 5.69 Å². The topological polar surface area (TPSA) is 96.4 Å². The van der Waals surface area contributed by atoms with Gasteiger partial charge in [0.15, 0.2) is 5.54 Å². The van der Waals surface area contributed by atoms with Crippen LogP contribution in [0.2, 0.25) is 0 Å². The number of likely N-dealkylation sites (N-methyl/N-ethyl adjacent to an activating group) is 1. The first-order chi connectivity index (χ1) is 16.4. The fraction of sp³-hybridized carbons (Fsp3) is 0.346. The summed E-state index contributed by atoms with van der Waals surface area (Å²) in [6.45, 7) is 3.02. The largest absolute Gasteiger partial charge is 0.507 e. The molecule has 0 aliphatic carbocycles. The van der Waals surface area contributed by atoms with E-state index in [1.165, 1.54) is 9.80 Å². The van der Waals surface area contributed by atoms with Gasteiger partial charge in [-0.05, 0) is 43.2 Å². The summed E-state index contributed by atoms with van der Waals surface area (Å²) in [6, 6.07) is 13.6. The lowest BCUT2D eigenvalue weighted by molar-refractivity contribution is -0.143. The third-order valence-electron chi connectivity index (χ3n) is 6.27. The van der Waals surface area contributed by atoms with Crippen LogP contribution in [-0.2, 0) is 24.7 Å². The number of hydrogen-bond donors (Lipinski definition) is 1. The number of ketones is 1. The van der Waals surface area contributed by atoms with E-state index in [2.05, 4.69) is 0 Å². The summed E-state index contributed by atoms with van der Waals surface area (Å²) in [4.78, 5) is 43.1. The average molecular weight is 465 g/mol. The molecule has 8 heteroatoms. The molecule has 1 spiro atoms. The van der Waals surface area contributed by atoms with E-state index in [9.17, 15) is 19.5 Å². The molecule has 1 unspecified atom stereocenters. The molecule has 0 saturated carbocycles.